The van der Waals surface area contributed by atoms with Gasteiger partial charge in [0.1, 0.15) is 5.75 Å². The Morgan fingerprint density at radius 3 is 2.54 bits per heavy atom. The standard InChI is InChI=1S/C18H20ClN3O4S2/c1-22(28(24,25)15-8-9-17(26-2)16(19)10-15)12-18(23)21-20-11-13-4-6-14(27-3)7-5-13/h4-11H,12H2,1-3H3,(H,21,23). The van der Waals surface area contributed by atoms with Crippen molar-refractivity contribution in [2.75, 3.05) is 27.0 Å². The van der Waals surface area contributed by atoms with Crippen LogP contribution in [0.4, 0.5) is 0 Å². The number of hydrogen-bond donors (Lipinski definition) is 1. The number of sulfonamides is 1. The van der Waals surface area contributed by atoms with Crippen molar-refractivity contribution in [3.8, 4) is 5.75 Å². The zero-order valence-electron chi connectivity index (χ0n) is 15.5. The number of ether oxygens (including phenoxy) is 1. The zero-order chi connectivity index (χ0) is 20.7. The maximum Gasteiger partial charge on any atom is 0.255 e. The summed E-state index contributed by atoms with van der Waals surface area (Å²) in [5.41, 5.74) is 3.13. The van der Waals surface area contributed by atoms with E-state index < -0.39 is 22.5 Å². The highest BCUT2D eigenvalue weighted by Gasteiger charge is 2.23. The van der Waals surface area contributed by atoms with Crippen molar-refractivity contribution in [1.29, 1.82) is 0 Å². The Bertz CT molecular complexity index is 963. The summed E-state index contributed by atoms with van der Waals surface area (Å²) in [6.45, 7) is -0.394. The molecule has 0 aliphatic carbocycles. The number of methoxy groups -OCH3 is 1. The summed E-state index contributed by atoms with van der Waals surface area (Å²) in [4.78, 5) is 13.1. The fourth-order valence-corrected chi connectivity index (χ4v) is 4.06. The van der Waals surface area contributed by atoms with E-state index in [2.05, 4.69) is 10.5 Å². The molecule has 7 nitrogen and oxygen atoms in total. The molecule has 0 aromatic heterocycles. The molecule has 0 saturated carbocycles. The van der Waals surface area contributed by atoms with Gasteiger partial charge in [-0.2, -0.15) is 9.41 Å². The zero-order valence-corrected chi connectivity index (χ0v) is 17.9. The number of carbonyl (C=O) groups excluding carboxylic acids is 1. The molecule has 0 heterocycles. The third-order valence-electron chi connectivity index (χ3n) is 3.72. The van der Waals surface area contributed by atoms with E-state index in [1.54, 1.807) is 11.8 Å². The highest BCUT2D eigenvalue weighted by atomic mass is 35.5. The molecule has 0 fully saturated rings. The molecule has 2 aromatic rings. The number of hydrazone groups is 1. The Balaban J connectivity index is 1.98. The average Bonchev–Trinajstić information content (AvgIpc) is 2.68. The molecule has 1 N–H and O–H groups in total. The number of rotatable bonds is 8. The van der Waals surface area contributed by atoms with Crippen LogP contribution in [-0.2, 0) is 14.8 Å². The molecule has 0 bridgehead atoms. The van der Waals surface area contributed by atoms with Gasteiger partial charge in [0.25, 0.3) is 5.91 Å². The van der Waals surface area contributed by atoms with Crippen molar-refractivity contribution in [2.45, 2.75) is 9.79 Å². The fraction of sp³-hybridized carbons (Fsp3) is 0.222. The molecule has 28 heavy (non-hydrogen) atoms. The van der Waals surface area contributed by atoms with Gasteiger partial charge in [-0.25, -0.2) is 13.8 Å². The molecular formula is C18H20ClN3O4S2. The Morgan fingerprint density at radius 2 is 1.96 bits per heavy atom. The van der Waals surface area contributed by atoms with Gasteiger partial charge in [0.15, 0.2) is 0 Å². The van der Waals surface area contributed by atoms with Gasteiger partial charge < -0.3 is 4.74 Å². The molecule has 10 heteroatoms. The molecular weight excluding hydrogens is 422 g/mol. The van der Waals surface area contributed by atoms with Gasteiger partial charge in [-0.1, -0.05) is 23.7 Å². The lowest BCUT2D eigenvalue weighted by Gasteiger charge is -2.16. The second-order valence-corrected chi connectivity index (χ2v) is 8.96. The van der Waals surface area contributed by atoms with E-state index in [0.717, 1.165) is 14.8 Å². The predicted octanol–water partition coefficient (Wildman–Crippen LogP) is 2.84. The summed E-state index contributed by atoms with van der Waals surface area (Å²) in [5.74, 6) is -0.205. The molecule has 0 atom stereocenters. The van der Waals surface area contributed by atoms with E-state index in [4.69, 9.17) is 16.3 Å². The number of benzene rings is 2. The number of halogens is 1. The van der Waals surface area contributed by atoms with Gasteiger partial charge in [-0.05, 0) is 42.2 Å². The van der Waals surface area contributed by atoms with Gasteiger partial charge in [-0.15, -0.1) is 11.8 Å². The first kappa shape index (κ1) is 22.2. The van der Waals surface area contributed by atoms with Gasteiger partial charge in [-0.3, -0.25) is 4.79 Å². The van der Waals surface area contributed by atoms with Crippen LogP contribution >= 0.6 is 23.4 Å². The van der Waals surface area contributed by atoms with Crippen molar-refractivity contribution in [2.24, 2.45) is 5.10 Å². The number of nitrogens with one attached hydrogen (secondary N) is 1. The van der Waals surface area contributed by atoms with Crippen LogP contribution in [0.15, 0.2) is 57.4 Å². The summed E-state index contributed by atoms with van der Waals surface area (Å²) in [5, 5.41) is 4.02. The number of likely N-dealkylation sites (N-methyl/N-ethyl adjacent to an activating group) is 1. The highest BCUT2D eigenvalue weighted by molar-refractivity contribution is 7.98. The van der Waals surface area contributed by atoms with Crippen LogP contribution in [0, 0.1) is 0 Å². The third-order valence-corrected chi connectivity index (χ3v) is 6.55. The minimum absolute atomic E-state index is 0.0361. The van der Waals surface area contributed by atoms with Crippen molar-refractivity contribution >= 4 is 45.5 Å². The first-order valence-electron chi connectivity index (χ1n) is 8.03. The van der Waals surface area contributed by atoms with E-state index in [1.165, 1.54) is 38.6 Å². The summed E-state index contributed by atoms with van der Waals surface area (Å²) in [6.07, 6.45) is 3.47. The topological polar surface area (TPSA) is 88.1 Å². The molecule has 2 aromatic carbocycles. The lowest BCUT2D eigenvalue weighted by molar-refractivity contribution is -0.121. The van der Waals surface area contributed by atoms with Crippen LogP contribution in [0.3, 0.4) is 0 Å². The van der Waals surface area contributed by atoms with Crippen LogP contribution in [0.5, 0.6) is 5.75 Å². The second-order valence-electron chi connectivity index (χ2n) is 5.62. The monoisotopic (exact) mass is 441 g/mol. The van der Waals surface area contributed by atoms with E-state index in [0.29, 0.717) is 5.75 Å². The maximum absolute atomic E-state index is 12.6. The van der Waals surface area contributed by atoms with E-state index in [9.17, 15) is 13.2 Å². The maximum atomic E-state index is 12.6. The van der Waals surface area contributed by atoms with E-state index in [-0.39, 0.29) is 9.92 Å². The van der Waals surface area contributed by atoms with Crippen molar-refractivity contribution in [3.05, 3.63) is 53.1 Å². The number of thioether (sulfide) groups is 1. The fourth-order valence-electron chi connectivity index (χ4n) is 2.18. The molecule has 0 aliphatic heterocycles. The first-order valence-corrected chi connectivity index (χ1v) is 11.1. The molecule has 0 spiro atoms. The van der Waals surface area contributed by atoms with Gasteiger partial charge >= 0.3 is 0 Å². The minimum Gasteiger partial charge on any atom is -0.495 e. The smallest absolute Gasteiger partial charge is 0.255 e. The van der Waals surface area contributed by atoms with Gasteiger partial charge in [0.05, 0.1) is 29.8 Å². The molecule has 2 rings (SSSR count). The first-order chi connectivity index (χ1) is 13.3. The Labute approximate surface area is 173 Å². The summed E-state index contributed by atoms with van der Waals surface area (Å²) in [6, 6.07) is 11.7. The number of amides is 1. The van der Waals surface area contributed by atoms with Gasteiger partial charge in [0, 0.05) is 11.9 Å². The van der Waals surface area contributed by atoms with E-state index in [1.807, 2.05) is 30.5 Å². The normalized spacial score (nSPS) is 11.8. The second kappa shape index (κ2) is 9.92. The van der Waals surface area contributed by atoms with Gasteiger partial charge in [0.2, 0.25) is 10.0 Å². The third kappa shape index (κ3) is 5.71. The molecule has 0 aliphatic rings. The van der Waals surface area contributed by atoms with Crippen LogP contribution in [0.25, 0.3) is 0 Å². The highest BCUT2D eigenvalue weighted by Crippen LogP contribution is 2.28. The van der Waals surface area contributed by atoms with E-state index >= 15 is 0 Å². The predicted molar refractivity (Wildman–Crippen MR) is 112 cm³/mol. The number of hydrogen-bond acceptors (Lipinski definition) is 6. The van der Waals surface area contributed by atoms with Crippen LogP contribution in [-0.4, -0.2) is 51.8 Å². The lowest BCUT2D eigenvalue weighted by Crippen LogP contribution is -2.36. The molecule has 0 radical (unpaired) electrons. The molecule has 0 saturated heterocycles. The van der Waals surface area contributed by atoms with Crippen LogP contribution in [0.1, 0.15) is 5.56 Å². The average molecular weight is 442 g/mol. The summed E-state index contributed by atoms with van der Waals surface area (Å²) < 4.78 is 31.1. The molecule has 150 valence electrons. The molecule has 1 amide bonds. The Kier molecular flexibility index (Phi) is 7.88. The van der Waals surface area contributed by atoms with Crippen molar-refractivity contribution in [1.82, 2.24) is 9.73 Å². The van der Waals surface area contributed by atoms with Crippen LogP contribution in [0.2, 0.25) is 5.02 Å². The lowest BCUT2D eigenvalue weighted by atomic mass is 10.2. The van der Waals surface area contributed by atoms with Crippen molar-refractivity contribution in [3.63, 3.8) is 0 Å². The SMILES string of the molecule is COc1ccc(S(=O)(=O)N(C)CC(=O)NN=Cc2ccc(SC)cc2)cc1Cl. The summed E-state index contributed by atoms with van der Waals surface area (Å²) in [7, 11) is -1.15. The number of nitrogens with zero attached hydrogens (tertiary/aromatic N) is 2. The Hall–Kier alpha value is -2.07. The largest absolute Gasteiger partial charge is 0.495 e. The minimum atomic E-state index is -3.89. The summed E-state index contributed by atoms with van der Waals surface area (Å²) >= 11 is 7.61. The quantitative estimate of drug-likeness (QED) is 0.386. The molecule has 0 unspecified atom stereocenters. The number of carbonyl (C=O) groups is 1. The van der Waals surface area contributed by atoms with Crippen molar-refractivity contribution < 1.29 is 17.9 Å². The van der Waals surface area contributed by atoms with Crippen LogP contribution < -0.4 is 10.2 Å². The Morgan fingerprint density at radius 1 is 1.29 bits per heavy atom.